The lowest BCUT2D eigenvalue weighted by atomic mass is 9.99. The van der Waals surface area contributed by atoms with Crippen LogP contribution in [0.3, 0.4) is 0 Å². The number of aryl methyl sites for hydroxylation is 2. The summed E-state index contributed by atoms with van der Waals surface area (Å²) in [6, 6.07) is 0.482. The maximum atomic E-state index is 12.6. The fraction of sp³-hybridized carbons (Fsp3) is 0.765. The number of amides is 1. The molecule has 2 saturated heterocycles. The van der Waals surface area contributed by atoms with E-state index in [1.807, 2.05) is 18.7 Å². The highest BCUT2D eigenvalue weighted by atomic mass is 16.4. The highest BCUT2D eigenvalue weighted by Gasteiger charge is 2.31. The Morgan fingerprint density at radius 1 is 1.30 bits per heavy atom. The van der Waals surface area contributed by atoms with Crippen LogP contribution >= 0.6 is 0 Å². The van der Waals surface area contributed by atoms with E-state index < -0.39 is 0 Å². The zero-order valence-corrected chi connectivity index (χ0v) is 14.1. The monoisotopic (exact) mass is 321 g/mol. The molecule has 0 aromatic carbocycles. The number of likely N-dealkylation sites (tertiary alicyclic amines) is 2. The fourth-order valence-corrected chi connectivity index (χ4v) is 3.69. The van der Waals surface area contributed by atoms with E-state index in [4.69, 9.17) is 4.42 Å². The zero-order valence-electron chi connectivity index (χ0n) is 14.1. The van der Waals surface area contributed by atoms with Gasteiger partial charge in [0.1, 0.15) is 0 Å². The molecule has 3 rings (SSSR count). The minimum Gasteiger partial charge on any atom is -0.435 e. The Hall–Kier alpha value is -1.40. The van der Waals surface area contributed by atoms with Crippen molar-refractivity contribution in [2.45, 2.75) is 58.1 Å². The Morgan fingerprint density at radius 3 is 2.65 bits per heavy atom. The molecule has 1 N–H and O–H groups in total. The highest BCUT2D eigenvalue weighted by Crippen LogP contribution is 2.23. The highest BCUT2D eigenvalue weighted by molar-refractivity contribution is 5.92. The number of rotatable bonds is 3. The van der Waals surface area contributed by atoms with Crippen molar-refractivity contribution in [2.24, 2.45) is 0 Å². The van der Waals surface area contributed by atoms with Gasteiger partial charge in [-0.3, -0.25) is 9.69 Å². The first kappa shape index (κ1) is 16.5. The van der Waals surface area contributed by atoms with Crippen LogP contribution in [0.25, 0.3) is 0 Å². The summed E-state index contributed by atoms with van der Waals surface area (Å²) in [5.41, 5.74) is 0.688. The number of piperidine rings is 2. The summed E-state index contributed by atoms with van der Waals surface area (Å²) in [5.74, 6) is 0.989. The molecular formula is C17H27N3O3. The van der Waals surface area contributed by atoms with E-state index in [9.17, 15) is 9.90 Å². The van der Waals surface area contributed by atoms with Crippen molar-refractivity contribution in [2.75, 3.05) is 26.2 Å². The fourth-order valence-electron chi connectivity index (χ4n) is 3.69. The van der Waals surface area contributed by atoms with Gasteiger partial charge in [-0.05, 0) is 39.2 Å². The van der Waals surface area contributed by atoms with Gasteiger partial charge in [0.25, 0.3) is 5.91 Å². The normalized spacial score (nSPS) is 24.1. The maximum absolute atomic E-state index is 12.6. The number of β-amino-alcohol motifs (C(OH)–C–C–N with tert-alkyl or cyclic N) is 1. The summed E-state index contributed by atoms with van der Waals surface area (Å²) < 4.78 is 5.59. The third kappa shape index (κ3) is 3.58. The summed E-state index contributed by atoms with van der Waals surface area (Å²) in [6.45, 7) is 7.14. The predicted molar refractivity (Wildman–Crippen MR) is 86.4 cm³/mol. The molecule has 0 spiro atoms. The molecule has 1 unspecified atom stereocenters. The first-order chi connectivity index (χ1) is 11.1. The first-order valence-corrected chi connectivity index (χ1v) is 8.76. The molecule has 6 nitrogen and oxygen atoms in total. The van der Waals surface area contributed by atoms with Crippen molar-refractivity contribution in [1.29, 1.82) is 0 Å². The van der Waals surface area contributed by atoms with E-state index in [1.54, 1.807) is 0 Å². The second kappa shape index (κ2) is 7.01. The molecule has 1 aromatic rings. The second-order valence-electron chi connectivity index (χ2n) is 6.69. The average molecular weight is 321 g/mol. The molecule has 0 bridgehead atoms. The smallest absolute Gasteiger partial charge is 0.291 e. The van der Waals surface area contributed by atoms with Crippen LogP contribution in [-0.4, -0.2) is 64.1 Å². The molecule has 1 amide bonds. The minimum atomic E-state index is -0.187. The standard InChI is InChI=1S/C17H27N3O3/c1-3-15-18-12(2)16(23-15)17(22)19-9-6-13(7-10-19)20-8-4-5-14(21)11-20/h13-14,21H,3-11H2,1-2H3. The number of nitrogens with zero attached hydrogens (tertiary/aromatic N) is 3. The number of hydrogen-bond acceptors (Lipinski definition) is 5. The molecule has 6 heteroatoms. The number of carbonyl (C=O) groups is 1. The number of aliphatic hydroxyl groups is 1. The summed E-state index contributed by atoms with van der Waals surface area (Å²) in [4.78, 5) is 21.2. The Bertz CT molecular complexity index is 549. The summed E-state index contributed by atoms with van der Waals surface area (Å²) in [7, 11) is 0. The van der Waals surface area contributed by atoms with Crippen LogP contribution in [0.15, 0.2) is 4.42 Å². The van der Waals surface area contributed by atoms with Gasteiger partial charge >= 0.3 is 0 Å². The lowest BCUT2D eigenvalue weighted by Gasteiger charge is -2.41. The minimum absolute atomic E-state index is 0.0353. The van der Waals surface area contributed by atoms with Gasteiger partial charge in [0.05, 0.1) is 11.8 Å². The SMILES string of the molecule is CCc1nc(C)c(C(=O)N2CCC(N3CCCC(O)C3)CC2)o1. The number of hydrogen-bond donors (Lipinski definition) is 1. The van der Waals surface area contributed by atoms with Gasteiger partial charge in [-0.2, -0.15) is 0 Å². The van der Waals surface area contributed by atoms with E-state index in [1.165, 1.54) is 0 Å². The maximum Gasteiger partial charge on any atom is 0.291 e. The van der Waals surface area contributed by atoms with Crippen LogP contribution in [-0.2, 0) is 6.42 Å². The van der Waals surface area contributed by atoms with E-state index in [0.29, 0.717) is 29.8 Å². The molecule has 0 saturated carbocycles. The molecular weight excluding hydrogens is 294 g/mol. The molecule has 0 radical (unpaired) electrons. The van der Waals surface area contributed by atoms with Gasteiger partial charge in [0, 0.05) is 32.1 Å². The molecule has 3 heterocycles. The van der Waals surface area contributed by atoms with Crippen LogP contribution in [0.5, 0.6) is 0 Å². The summed E-state index contributed by atoms with van der Waals surface area (Å²) in [6.07, 6.45) is 4.43. The van der Waals surface area contributed by atoms with Gasteiger partial charge in [0.2, 0.25) is 5.76 Å². The Kier molecular flexibility index (Phi) is 5.02. The second-order valence-corrected chi connectivity index (χ2v) is 6.69. The Balaban J connectivity index is 1.57. The molecule has 2 fully saturated rings. The molecule has 0 aliphatic carbocycles. The number of oxazole rings is 1. The lowest BCUT2D eigenvalue weighted by molar-refractivity contribution is 0.0233. The Labute approximate surface area is 137 Å². The number of aliphatic hydroxyl groups excluding tert-OH is 1. The zero-order chi connectivity index (χ0) is 16.4. The number of aromatic nitrogens is 1. The van der Waals surface area contributed by atoms with Crippen LogP contribution in [0, 0.1) is 6.92 Å². The largest absolute Gasteiger partial charge is 0.435 e. The van der Waals surface area contributed by atoms with E-state index >= 15 is 0 Å². The molecule has 23 heavy (non-hydrogen) atoms. The summed E-state index contributed by atoms with van der Waals surface area (Å²) in [5, 5.41) is 9.83. The van der Waals surface area contributed by atoms with Crippen LogP contribution in [0.2, 0.25) is 0 Å². The van der Waals surface area contributed by atoms with Gasteiger partial charge in [-0.15, -0.1) is 0 Å². The van der Waals surface area contributed by atoms with Gasteiger partial charge < -0.3 is 14.4 Å². The van der Waals surface area contributed by atoms with Crippen molar-refractivity contribution >= 4 is 5.91 Å². The van der Waals surface area contributed by atoms with Gasteiger partial charge in [-0.25, -0.2) is 4.98 Å². The van der Waals surface area contributed by atoms with Gasteiger partial charge in [0.15, 0.2) is 5.89 Å². The van der Waals surface area contributed by atoms with Crippen molar-refractivity contribution < 1.29 is 14.3 Å². The third-order valence-corrected chi connectivity index (χ3v) is 5.03. The Morgan fingerprint density at radius 2 is 2.04 bits per heavy atom. The molecule has 2 aliphatic heterocycles. The van der Waals surface area contributed by atoms with Crippen LogP contribution in [0.4, 0.5) is 0 Å². The van der Waals surface area contributed by atoms with Crippen molar-refractivity contribution in [1.82, 2.24) is 14.8 Å². The van der Waals surface area contributed by atoms with Crippen LogP contribution < -0.4 is 0 Å². The van der Waals surface area contributed by atoms with Crippen molar-refractivity contribution in [3.05, 3.63) is 17.3 Å². The quantitative estimate of drug-likeness (QED) is 0.916. The molecule has 1 atom stereocenters. The first-order valence-electron chi connectivity index (χ1n) is 8.76. The molecule has 1 aromatic heterocycles. The topological polar surface area (TPSA) is 69.8 Å². The van der Waals surface area contributed by atoms with E-state index in [0.717, 1.165) is 51.9 Å². The van der Waals surface area contributed by atoms with Crippen molar-refractivity contribution in [3.63, 3.8) is 0 Å². The van der Waals surface area contributed by atoms with Crippen molar-refractivity contribution in [3.8, 4) is 0 Å². The van der Waals surface area contributed by atoms with Crippen LogP contribution in [0.1, 0.15) is 54.7 Å². The number of carbonyl (C=O) groups excluding carboxylic acids is 1. The summed E-state index contributed by atoms with van der Waals surface area (Å²) >= 11 is 0. The third-order valence-electron chi connectivity index (χ3n) is 5.03. The lowest BCUT2D eigenvalue weighted by Crippen LogP contribution is -2.50. The van der Waals surface area contributed by atoms with Gasteiger partial charge in [-0.1, -0.05) is 6.92 Å². The molecule has 128 valence electrons. The average Bonchev–Trinajstić information content (AvgIpc) is 2.95. The van der Waals surface area contributed by atoms with E-state index in [-0.39, 0.29) is 12.0 Å². The van der Waals surface area contributed by atoms with E-state index in [2.05, 4.69) is 9.88 Å². The molecule has 2 aliphatic rings. The predicted octanol–water partition coefficient (Wildman–Crippen LogP) is 1.61.